The Hall–Kier alpha value is -1.02. The summed E-state index contributed by atoms with van der Waals surface area (Å²) in [7, 11) is 0. The second-order valence-corrected chi connectivity index (χ2v) is 4.21. The Morgan fingerprint density at radius 3 is 2.43 bits per heavy atom. The lowest BCUT2D eigenvalue weighted by Crippen LogP contribution is -2.22. The molecule has 0 unspecified atom stereocenters. The summed E-state index contributed by atoms with van der Waals surface area (Å²) in [5, 5.41) is 19.2. The van der Waals surface area contributed by atoms with Crippen LogP contribution in [0.2, 0.25) is 0 Å². The normalized spacial score (nSPS) is 11.7. The van der Waals surface area contributed by atoms with E-state index in [-0.39, 0.29) is 12.0 Å². The zero-order chi connectivity index (χ0) is 10.8. The van der Waals surface area contributed by atoms with Crippen LogP contribution >= 0.6 is 0 Å². The van der Waals surface area contributed by atoms with Gasteiger partial charge in [-0.25, -0.2) is 0 Å². The van der Waals surface area contributed by atoms with Crippen molar-refractivity contribution in [3.05, 3.63) is 29.3 Å². The average molecular weight is 194 g/mol. The molecule has 14 heavy (non-hydrogen) atoms. The van der Waals surface area contributed by atoms with Gasteiger partial charge in [0.1, 0.15) is 5.75 Å². The van der Waals surface area contributed by atoms with Gasteiger partial charge >= 0.3 is 0 Å². The van der Waals surface area contributed by atoms with Crippen molar-refractivity contribution in [1.82, 2.24) is 0 Å². The molecule has 2 N–H and O–H groups in total. The van der Waals surface area contributed by atoms with E-state index in [0.717, 1.165) is 17.5 Å². The van der Waals surface area contributed by atoms with Gasteiger partial charge in [-0.05, 0) is 12.0 Å². The van der Waals surface area contributed by atoms with Gasteiger partial charge in [-0.2, -0.15) is 0 Å². The summed E-state index contributed by atoms with van der Waals surface area (Å²) >= 11 is 0. The number of hydrogen-bond donors (Lipinski definition) is 2. The average Bonchev–Trinajstić information content (AvgIpc) is 2.18. The van der Waals surface area contributed by atoms with Crippen LogP contribution in [-0.4, -0.2) is 16.8 Å². The summed E-state index contributed by atoms with van der Waals surface area (Å²) in [5.74, 6) is 0.328. The standard InChI is InChI=1S/C12H18O2/c1-4-9-6-5-7-10(11(9)14)12(2,3)8-13/h5-7,13-14H,4,8H2,1-3H3. The summed E-state index contributed by atoms with van der Waals surface area (Å²) < 4.78 is 0. The molecular weight excluding hydrogens is 176 g/mol. The summed E-state index contributed by atoms with van der Waals surface area (Å²) in [6, 6.07) is 5.70. The molecule has 0 saturated heterocycles. The zero-order valence-corrected chi connectivity index (χ0v) is 9.04. The maximum absolute atomic E-state index is 9.94. The molecule has 78 valence electrons. The third-order valence-corrected chi connectivity index (χ3v) is 2.62. The molecule has 0 aliphatic carbocycles. The largest absolute Gasteiger partial charge is 0.507 e. The number of para-hydroxylation sites is 1. The molecule has 0 radical (unpaired) electrons. The third-order valence-electron chi connectivity index (χ3n) is 2.62. The number of rotatable bonds is 3. The highest BCUT2D eigenvalue weighted by molar-refractivity contribution is 5.44. The maximum atomic E-state index is 9.94. The first kappa shape index (κ1) is 11.1. The van der Waals surface area contributed by atoms with Crippen molar-refractivity contribution >= 4 is 0 Å². The van der Waals surface area contributed by atoms with Gasteiger partial charge < -0.3 is 10.2 Å². The van der Waals surface area contributed by atoms with Crippen LogP contribution in [0.25, 0.3) is 0 Å². The Balaban J connectivity index is 3.22. The summed E-state index contributed by atoms with van der Waals surface area (Å²) in [6.07, 6.45) is 0.807. The van der Waals surface area contributed by atoms with Crippen molar-refractivity contribution in [2.75, 3.05) is 6.61 Å². The van der Waals surface area contributed by atoms with E-state index in [0.29, 0.717) is 5.75 Å². The van der Waals surface area contributed by atoms with E-state index in [2.05, 4.69) is 0 Å². The minimum absolute atomic E-state index is 0.0354. The van der Waals surface area contributed by atoms with E-state index in [1.807, 2.05) is 39.0 Å². The highest BCUT2D eigenvalue weighted by Crippen LogP contribution is 2.33. The molecule has 1 aromatic rings. The highest BCUT2D eigenvalue weighted by atomic mass is 16.3. The van der Waals surface area contributed by atoms with Crippen molar-refractivity contribution in [3.8, 4) is 5.75 Å². The van der Waals surface area contributed by atoms with Crippen LogP contribution in [0.5, 0.6) is 5.75 Å². The van der Waals surface area contributed by atoms with Crippen molar-refractivity contribution in [2.45, 2.75) is 32.6 Å². The van der Waals surface area contributed by atoms with Gasteiger partial charge in [0.25, 0.3) is 0 Å². The van der Waals surface area contributed by atoms with Crippen LogP contribution in [0, 0.1) is 0 Å². The number of aliphatic hydroxyl groups excluding tert-OH is 1. The third kappa shape index (κ3) is 1.90. The molecule has 0 heterocycles. The van der Waals surface area contributed by atoms with Crippen LogP contribution in [0.4, 0.5) is 0 Å². The Morgan fingerprint density at radius 1 is 1.29 bits per heavy atom. The van der Waals surface area contributed by atoms with Gasteiger partial charge in [-0.3, -0.25) is 0 Å². The van der Waals surface area contributed by atoms with Crippen LogP contribution in [-0.2, 0) is 11.8 Å². The molecule has 0 spiro atoms. The minimum atomic E-state index is -0.380. The number of aromatic hydroxyl groups is 1. The summed E-state index contributed by atoms with van der Waals surface area (Å²) in [6.45, 7) is 5.88. The fraction of sp³-hybridized carbons (Fsp3) is 0.500. The molecule has 0 fully saturated rings. The number of aryl methyl sites for hydroxylation is 1. The molecule has 2 heteroatoms. The van der Waals surface area contributed by atoms with Gasteiger partial charge in [-0.15, -0.1) is 0 Å². The molecule has 0 aliphatic heterocycles. The van der Waals surface area contributed by atoms with Crippen LogP contribution in [0.1, 0.15) is 31.9 Å². The van der Waals surface area contributed by atoms with Gasteiger partial charge in [0.15, 0.2) is 0 Å². The van der Waals surface area contributed by atoms with Gasteiger partial charge in [0.2, 0.25) is 0 Å². The molecule has 0 saturated carbocycles. The van der Waals surface area contributed by atoms with E-state index in [1.165, 1.54) is 0 Å². The molecule has 0 bridgehead atoms. The topological polar surface area (TPSA) is 40.5 Å². The molecule has 0 aliphatic rings. The second kappa shape index (κ2) is 4.01. The predicted molar refractivity (Wildman–Crippen MR) is 57.6 cm³/mol. The van der Waals surface area contributed by atoms with Crippen LogP contribution < -0.4 is 0 Å². The van der Waals surface area contributed by atoms with Gasteiger partial charge in [0, 0.05) is 11.0 Å². The molecular formula is C12H18O2. The first-order valence-electron chi connectivity index (χ1n) is 4.95. The Morgan fingerprint density at radius 2 is 1.93 bits per heavy atom. The molecule has 1 aromatic carbocycles. The van der Waals surface area contributed by atoms with Crippen molar-refractivity contribution < 1.29 is 10.2 Å². The number of phenolic OH excluding ortho intramolecular Hbond substituents is 1. The molecule has 0 amide bonds. The number of benzene rings is 1. The van der Waals surface area contributed by atoms with Crippen molar-refractivity contribution in [2.24, 2.45) is 0 Å². The Labute approximate surface area is 85.2 Å². The van der Waals surface area contributed by atoms with Gasteiger partial charge in [0.05, 0.1) is 6.61 Å². The summed E-state index contributed by atoms with van der Waals surface area (Å²) in [5.41, 5.74) is 1.37. The van der Waals surface area contributed by atoms with Crippen LogP contribution in [0.15, 0.2) is 18.2 Å². The lowest BCUT2D eigenvalue weighted by molar-refractivity contribution is 0.215. The highest BCUT2D eigenvalue weighted by Gasteiger charge is 2.23. The molecule has 0 aromatic heterocycles. The smallest absolute Gasteiger partial charge is 0.122 e. The monoisotopic (exact) mass is 194 g/mol. The lowest BCUT2D eigenvalue weighted by atomic mass is 9.83. The zero-order valence-electron chi connectivity index (χ0n) is 9.04. The lowest BCUT2D eigenvalue weighted by Gasteiger charge is -2.24. The second-order valence-electron chi connectivity index (χ2n) is 4.21. The minimum Gasteiger partial charge on any atom is -0.507 e. The summed E-state index contributed by atoms with van der Waals surface area (Å²) in [4.78, 5) is 0. The van der Waals surface area contributed by atoms with E-state index in [1.54, 1.807) is 0 Å². The quantitative estimate of drug-likeness (QED) is 0.774. The maximum Gasteiger partial charge on any atom is 0.122 e. The molecule has 1 rings (SSSR count). The fourth-order valence-corrected chi connectivity index (χ4v) is 1.51. The fourth-order valence-electron chi connectivity index (χ4n) is 1.51. The van der Waals surface area contributed by atoms with E-state index >= 15 is 0 Å². The molecule has 2 nitrogen and oxygen atoms in total. The van der Waals surface area contributed by atoms with Crippen LogP contribution in [0.3, 0.4) is 0 Å². The predicted octanol–water partition coefficient (Wildman–Crippen LogP) is 2.22. The SMILES string of the molecule is CCc1cccc(C(C)(C)CO)c1O. The van der Waals surface area contributed by atoms with Crippen molar-refractivity contribution in [1.29, 1.82) is 0 Å². The van der Waals surface area contributed by atoms with E-state index < -0.39 is 0 Å². The van der Waals surface area contributed by atoms with Gasteiger partial charge in [-0.1, -0.05) is 39.0 Å². The first-order chi connectivity index (χ1) is 6.53. The Bertz CT molecular complexity index is 316. The number of aliphatic hydroxyl groups is 1. The van der Waals surface area contributed by atoms with Crippen molar-refractivity contribution in [3.63, 3.8) is 0 Å². The number of phenols is 1. The number of hydrogen-bond acceptors (Lipinski definition) is 2. The Kier molecular flexibility index (Phi) is 3.17. The van der Waals surface area contributed by atoms with E-state index in [4.69, 9.17) is 0 Å². The van der Waals surface area contributed by atoms with E-state index in [9.17, 15) is 10.2 Å². The molecule has 0 atom stereocenters. The first-order valence-corrected chi connectivity index (χ1v) is 4.95.